The Bertz CT molecular complexity index is 544. The normalized spacial score (nSPS) is 11.1. The molecular formula is C15H18IN3O2. The summed E-state index contributed by atoms with van der Waals surface area (Å²) in [6.07, 6.45) is 6.17. The molecule has 0 bridgehead atoms. The van der Waals surface area contributed by atoms with E-state index < -0.39 is 0 Å². The molecule has 1 rings (SSSR count). The summed E-state index contributed by atoms with van der Waals surface area (Å²) in [7, 11) is 7.31. The van der Waals surface area contributed by atoms with E-state index in [2.05, 4.69) is 27.6 Å². The molecule has 6 heteroatoms. The number of ketones is 2. The highest BCUT2D eigenvalue weighted by Gasteiger charge is 2.11. The molecule has 1 aromatic rings. The highest BCUT2D eigenvalue weighted by Crippen LogP contribution is 2.11. The standard InChI is InChI=1S/C15H18IN3O2/c1-18(2)7-5-14(20)12-9-11(16)10-13(17-12)15(21)6-8-19(3)4/h5-10H,1-4H3. The molecule has 0 aliphatic heterocycles. The first kappa shape index (κ1) is 17.4. The predicted molar refractivity (Wildman–Crippen MR) is 91.3 cm³/mol. The summed E-state index contributed by atoms with van der Waals surface area (Å²) in [5.41, 5.74) is 0.531. The third kappa shape index (κ3) is 6.07. The number of halogens is 1. The van der Waals surface area contributed by atoms with E-state index in [-0.39, 0.29) is 23.0 Å². The summed E-state index contributed by atoms with van der Waals surface area (Å²) in [5, 5.41) is 0. The van der Waals surface area contributed by atoms with E-state index in [0.717, 1.165) is 3.57 Å². The molecule has 0 aliphatic rings. The van der Waals surface area contributed by atoms with Gasteiger partial charge in [-0.15, -0.1) is 0 Å². The van der Waals surface area contributed by atoms with Gasteiger partial charge < -0.3 is 9.80 Å². The number of allylic oxidation sites excluding steroid dienone is 2. The third-order valence-corrected chi connectivity index (χ3v) is 2.97. The molecule has 0 atom stereocenters. The van der Waals surface area contributed by atoms with Crippen LogP contribution in [0.5, 0.6) is 0 Å². The number of rotatable bonds is 6. The van der Waals surface area contributed by atoms with Crippen molar-refractivity contribution in [2.75, 3.05) is 28.2 Å². The number of hydrogen-bond donors (Lipinski definition) is 0. The minimum Gasteiger partial charge on any atom is -0.383 e. The zero-order chi connectivity index (χ0) is 16.0. The first-order chi connectivity index (χ1) is 9.79. The molecule has 0 radical (unpaired) electrons. The van der Waals surface area contributed by atoms with Crippen molar-refractivity contribution >= 4 is 34.2 Å². The lowest BCUT2D eigenvalue weighted by molar-refractivity contribution is 0.103. The molecule has 1 heterocycles. The van der Waals surface area contributed by atoms with Gasteiger partial charge in [0.25, 0.3) is 0 Å². The van der Waals surface area contributed by atoms with Crippen LogP contribution in [0.25, 0.3) is 0 Å². The maximum absolute atomic E-state index is 12.0. The number of nitrogens with zero attached hydrogens (tertiary/aromatic N) is 3. The van der Waals surface area contributed by atoms with Crippen LogP contribution in [-0.4, -0.2) is 54.5 Å². The molecule has 0 spiro atoms. The van der Waals surface area contributed by atoms with Crippen LogP contribution in [0.4, 0.5) is 0 Å². The lowest BCUT2D eigenvalue weighted by Crippen LogP contribution is -2.09. The monoisotopic (exact) mass is 399 g/mol. The van der Waals surface area contributed by atoms with Crippen LogP contribution < -0.4 is 0 Å². The maximum Gasteiger partial charge on any atom is 0.205 e. The van der Waals surface area contributed by atoms with E-state index in [1.54, 1.807) is 34.3 Å². The zero-order valence-electron chi connectivity index (χ0n) is 12.5. The average Bonchev–Trinajstić information content (AvgIpc) is 2.41. The van der Waals surface area contributed by atoms with E-state index in [9.17, 15) is 9.59 Å². The van der Waals surface area contributed by atoms with Crippen molar-refractivity contribution in [3.63, 3.8) is 0 Å². The highest BCUT2D eigenvalue weighted by molar-refractivity contribution is 14.1. The molecule has 0 saturated heterocycles. The lowest BCUT2D eigenvalue weighted by Gasteiger charge is -2.05. The van der Waals surface area contributed by atoms with Crippen LogP contribution in [0, 0.1) is 3.57 Å². The summed E-state index contributed by atoms with van der Waals surface area (Å²) < 4.78 is 0.797. The van der Waals surface area contributed by atoms with Crippen LogP contribution in [0.2, 0.25) is 0 Å². The van der Waals surface area contributed by atoms with Gasteiger partial charge in [-0.1, -0.05) is 0 Å². The van der Waals surface area contributed by atoms with Crippen molar-refractivity contribution in [2.45, 2.75) is 0 Å². The number of pyridine rings is 1. The van der Waals surface area contributed by atoms with Gasteiger partial charge in [0.2, 0.25) is 11.6 Å². The highest BCUT2D eigenvalue weighted by atomic mass is 127. The molecule has 0 aliphatic carbocycles. The molecule has 21 heavy (non-hydrogen) atoms. The topological polar surface area (TPSA) is 53.5 Å². The Labute approximate surface area is 138 Å². The van der Waals surface area contributed by atoms with E-state index >= 15 is 0 Å². The van der Waals surface area contributed by atoms with Gasteiger partial charge in [-0.25, -0.2) is 4.98 Å². The Morgan fingerprint density at radius 2 is 1.33 bits per heavy atom. The third-order valence-electron chi connectivity index (χ3n) is 2.34. The first-order valence-corrected chi connectivity index (χ1v) is 7.33. The quantitative estimate of drug-likeness (QED) is 0.417. The van der Waals surface area contributed by atoms with Crippen molar-refractivity contribution < 1.29 is 9.59 Å². The predicted octanol–water partition coefficient (Wildman–Crippen LogP) is 2.20. The minimum atomic E-state index is -0.229. The fraction of sp³-hybridized carbons (Fsp3) is 0.267. The summed E-state index contributed by atoms with van der Waals surface area (Å²) in [4.78, 5) is 31.7. The average molecular weight is 399 g/mol. The van der Waals surface area contributed by atoms with Crippen LogP contribution in [0.1, 0.15) is 21.0 Å². The second-order valence-electron chi connectivity index (χ2n) is 4.84. The Balaban J connectivity index is 3.05. The fourth-order valence-corrected chi connectivity index (χ4v) is 1.94. The number of aromatic nitrogens is 1. The van der Waals surface area contributed by atoms with Gasteiger partial charge in [0.05, 0.1) is 0 Å². The molecule has 0 amide bonds. The largest absolute Gasteiger partial charge is 0.383 e. The second kappa shape index (κ2) is 7.92. The SMILES string of the molecule is CN(C)C=CC(=O)c1cc(I)cc(C(=O)C=CN(C)C)n1. The van der Waals surface area contributed by atoms with Crippen molar-refractivity contribution in [2.24, 2.45) is 0 Å². The number of carbonyl (C=O) groups excluding carboxylic acids is 2. The van der Waals surface area contributed by atoms with E-state index in [4.69, 9.17) is 0 Å². The van der Waals surface area contributed by atoms with Gasteiger partial charge >= 0.3 is 0 Å². The van der Waals surface area contributed by atoms with Crippen LogP contribution in [0.3, 0.4) is 0 Å². The van der Waals surface area contributed by atoms with Crippen LogP contribution in [-0.2, 0) is 0 Å². The van der Waals surface area contributed by atoms with Crippen molar-refractivity contribution in [3.05, 3.63) is 51.6 Å². The van der Waals surface area contributed by atoms with Crippen molar-refractivity contribution in [1.82, 2.24) is 14.8 Å². The molecule has 112 valence electrons. The van der Waals surface area contributed by atoms with Gasteiger partial charge in [0.1, 0.15) is 11.4 Å². The van der Waals surface area contributed by atoms with Crippen molar-refractivity contribution in [3.8, 4) is 0 Å². The second-order valence-corrected chi connectivity index (χ2v) is 6.09. The molecule has 1 aromatic heterocycles. The molecule has 5 nitrogen and oxygen atoms in total. The number of carbonyl (C=O) groups is 2. The Hall–Kier alpha value is -1.70. The van der Waals surface area contributed by atoms with Gasteiger partial charge in [-0.2, -0.15) is 0 Å². The maximum atomic E-state index is 12.0. The lowest BCUT2D eigenvalue weighted by atomic mass is 10.2. The molecule has 0 unspecified atom stereocenters. The molecule has 0 aromatic carbocycles. The first-order valence-electron chi connectivity index (χ1n) is 6.25. The van der Waals surface area contributed by atoms with E-state index in [1.165, 1.54) is 12.2 Å². The summed E-state index contributed by atoms with van der Waals surface area (Å²) in [5.74, 6) is -0.458. The summed E-state index contributed by atoms with van der Waals surface area (Å²) >= 11 is 2.07. The zero-order valence-corrected chi connectivity index (χ0v) is 14.7. The minimum absolute atomic E-state index is 0.229. The molecule has 0 saturated carbocycles. The summed E-state index contributed by atoms with van der Waals surface area (Å²) in [6.45, 7) is 0. The van der Waals surface area contributed by atoms with Gasteiger partial charge in [0.15, 0.2) is 0 Å². The molecular weight excluding hydrogens is 381 g/mol. The summed E-state index contributed by atoms with van der Waals surface area (Å²) in [6, 6.07) is 3.32. The van der Waals surface area contributed by atoms with Crippen LogP contribution in [0.15, 0.2) is 36.7 Å². The van der Waals surface area contributed by atoms with E-state index in [0.29, 0.717) is 0 Å². The molecule has 0 N–H and O–H groups in total. The Kier molecular flexibility index (Phi) is 6.54. The Morgan fingerprint density at radius 3 is 1.67 bits per heavy atom. The fourth-order valence-electron chi connectivity index (χ4n) is 1.35. The van der Waals surface area contributed by atoms with Crippen molar-refractivity contribution in [1.29, 1.82) is 0 Å². The number of hydrogen-bond acceptors (Lipinski definition) is 5. The van der Waals surface area contributed by atoms with E-state index in [1.807, 2.05) is 28.2 Å². The van der Waals surface area contributed by atoms with Crippen LogP contribution >= 0.6 is 22.6 Å². The smallest absolute Gasteiger partial charge is 0.205 e. The Morgan fingerprint density at radius 1 is 0.952 bits per heavy atom. The molecule has 0 fully saturated rings. The van der Waals surface area contributed by atoms with Gasteiger partial charge in [-0.3, -0.25) is 9.59 Å². The van der Waals surface area contributed by atoms with Gasteiger partial charge in [0, 0.05) is 56.3 Å². The van der Waals surface area contributed by atoms with Gasteiger partial charge in [-0.05, 0) is 34.7 Å².